The second-order valence-electron chi connectivity index (χ2n) is 6.45. The minimum Gasteiger partial charge on any atom is -0.345 e. The SMILES string of the molecule is Cc1c(C(=O)NC(C)(CN)C2CC2)sc2nc(C(F)(F)F)ccc12. The molecule has 3 N–H and O–H groups in total. The van der Waals surface area contributed by atoms with Crippen LogP contribution in [0.2, 0.25) is 0 Å². The van der Waals surface area contributed by atoms with E-state index in [9.17, 15) is 18.0 Å². The minimum absolute atomic E-state index is 0.216. The molecular formula is C16H18F3N3OS. The van der Waals surface area contributed by atoms with Gasteiger partial charge in [-0.05, 0) is 50.3 Å². The molecule has 2 aromatic heterocycles. The minimum atomic E-state index is -4.50. The highest BCUT2D eigenvalue weighted by molar-refractivity contribution is 7.20. The monoisotopic (exact) mass is 357 g/mol. The van der Waals surface area contributed by atoms with Crippen LogP contribution in [0.15, 0.2) is 12.1 Å². The van der Waals surface area contributed by atoms with E-state index in [1.165, 1.54) is 6.07 Å². The van der Waals surface area contributed by atoms with E-state index in [0.29, 0.717) is 28.3 Å². The molecule has 0 radical (unpaired) electrons. The third-order valence-corrected chi connectivity index (χ3v) is 5.80. The molecule has 0 aliphatic heterocycles. The number of fused-ring (bicyclic) bond motifs is 1. The first-order valence-electron chi connectivity index (χ1n) is 7.65. The Balaban J connectivity index is 1.94. The van der Waals surface area contributed by atoms with Gasteiger partial charge in [0.05, 0.1) is 10.4 Å². The lowest BCUT2D eigenvalue weighted by atomic mass is 9.95. The van der Waals surface area contributed by atoms with Crippen LogP contribution in [-0.2, 0) is 6.18 Å². The van der Waals surface area contributed by atoms with E-state index in [-0.39, 0.29) is 10.7 Å². The summed E-state index contributed by atoms with van der Waals surface area (Å²) in [6.07, 6.45) is -2.45. The fraction of sp³-hybridized carbons (Fsp3) is 0.500. The summed E-state index contributed by atoms with van der Waals surface area (Å²) in [5.74, 6) is 0.0556. The van der Waals surface area contributed by atoms with Crippen LogP contribution in [0, 0.1) is 12.8 Å². The number of nitrogens with zero attached hydrogens (tertiary/aromatic N) is 1. The van der Waals surface area contributed by atoms with Crippen LogP contribution >= 0.6 is 11.3 Å². The highest BCUT2D eigenvalue weighted by Crippen LogP contribution is 2.40. The van der Waals surface area contributed by atoms with Gasteiger partial charge in [-0.25, -0.2) is 4.98 Å². The third kappa shape index (κ3) is 3.00. The normalized spacial score (nSPS) is 17.8. The molecule has 130 valence electrons. The molecule has 1 fully saturated rings. The molecule has 0 spiro atoms. The van der Waals surface area contributed by atoms with Gasteiger partial charge in [0, 0.05) is 11.9 Å². The van der Waals surface area contributed by atoms with E-state index >= 15 is 0 Å². The largest absolute Gasteiger partial charge is 0.433 e. The molecule has 8 heteroatoms. The Bertz CT molecular complexity index is 798. The number of aryl methyl sites for hydroxylation is 1. The van der Waals surface area contributed by atoms with Crippen molar-refractivity contribution in [2.45, 2.75) is 38.4 Å². The van der Waals surface area contributed by atoms with Gasteiger partial charge in [-0.15, -0.1) is 11.3 Å². The number of alkyl halides is 3. The summed E-state index contributed by atoms with van der Waals surface area (Å²) in [5, 5.41) is 3.53. The first kappa shape index (κ1) is 17.2. The zero-order chi connectivity index (χ0) is 17.7. The number of carbonyl (C=O) groups is 1. The van der Waals surface area contributed by atoms with Gasteiger partial charge in [-0.3, -0.25) is 4.79 Å². The highest BCUT2D eigenvalue weighted by Gasteiger charge is 2.42. The number of thiophene rings is 1. The Labute approximate surface area is 141 Å². The van der Waals surface area contributed by atoms with Crippen molar-refractivity contribution in [3.05, 3.63) is 28.3 Å². The number of halogens is 3. The van der Waals surface area contributed by atoms with Gasteiger partial charge >= 0.3 is 6.18 Å². The number of aromatic nitrogens is 1. The van der Waals surface area contributed by atoms with Crippen molar-refractivity contribution in [2.75, 3.05) is 6.54 Å². The van der Waals surface area contributed by atoms with E-state index in [2.05, 4.69) is 10.3 Å². The predicted octanol–water partition coefficient (Wildman–Crippen LogP) is 3.48. The van der Waals surface area contributed by atoms with E-state index < -0.39 is 17.4 Å². The van der Waals surface area contributed by atoms with Crippen LogP contribution in [0.4, 0.5) is 13.2 Å². The van der Waals surface area contributed by atoms with Gasteiger partial charge in [0.1, 0.15) is 10.5 Å². The summed E-state index contributed by atoms with van der Waals surface area (Å²) in [6, 6.07) is 2.31. The fourth-order valence-corrected chi connectivity index (χ4v) is 3.91. The Morgan fingerprint density at radius 3 is 2.62 bits per heavy atom. The molecule has 1 atom stereocenters. The van der Waals surface area contributed by atoms with Gasteiger partial charge < -0.3 is 11.1 Å². The maximum Gasteiger partial charge on any atom is 0.433 e. The van der Waals surface area contributed by atoms with Crippen LogP contribution in [0.3, 0.4) is 0 Å². The van der Waals surface area contributed by atoms with Crippen molar-refractivity contribution in [1.29, 1.82) is 0 Å². The Hall–Kier alpha value is -1.67. The van der Waals surface area contributed by atoms with Crippen LogP contribution in [-0.4, -0.2) is 23.0 Å². The summed E-state index contributed by atoms with van der Waals surface area (Å²) in [6.45, 7) is 3.95. The lowest BCUT2D eigenvalue weighted by Gasteiger charge is -2.29. The number of pyridine rings is 1. The van der Waals surface area contributed by atoms with Crippen LogP contribution in [0.5, 0.6) is 0 Å². The van der Waals surface area contributed by atoms with Crippen molar-refractivity contribution >= 4 is 27.5 Å². The summed E-state index contributed by atoms with van der Waals surface area (Å²) in [7, 11) is 0. The van der Waals surface area contributed by atoms with E-state index in [1.807, 2.05) is 6.92 Å². The highest BCUT2D eigenvalue weighted by atomic mass is 32.1. The first-order valence-corrected chi connectivity index (χ1v) is 8.47. The van der Waals surface area contributed by atoms with Gasteiger partial charge in [-0.2, -0.15) is 13.2 Å². The van der Waals surface area contributed by atoms with Crippen LogP contribution in [0.1, 0.15) is 40.7 Å². The molecule has 0 bridgehead atoms. The average Bonchev–Trinajstić information content (AvgIpc) is 3.31. The quantitative estimate of drug-likeness (QED) is 0.880. The Kier molecular flexibility index (Phi) is 4.08. The molecule has 1 unspecified atom stereocenters. The molecular weight excluding hydrogens is 339 g/mol. The van der Waals surface area contributed by atoms with Crippen LogP contribution < -0.4 is 11.1 Å². The molecule has 2 aromatic rings. The Morgan fingerprint density at radius 1 is 1.42 bits per heavy atom. The van der Waals surface area contributed by atoms with Crippen molar-refractivity contribution < 1.29 is 18.0 Å². The lowest BCUT2D eigenvalue weighted by molar-refractivity contribution is -0.140. The number of nitrogens with one attached hydrogen (secondary N) is 1. The molecule has 24 heavy (non-hydrogen) atoms. The first-order chi connectivity index (χ1) is 11.2. The van der Waals surface area contributed by atoms with Gasteiger partial charge in [0.25, 0.3) is 5.91 Å². The summed E-state index contributed by atoms with van der Waals surface area (Å²) >= 11 is 0.982. The van der Waals surface area contributed by atoms with Crippen molar-refractivity contribution in [3.8, 4) is 0 Å². The molecule has 1 aliphatic rings. The molecule has 4 nitrogen and oxygen atoms in total. The summed E-state index contributed by atoms with van der Waals surface area (Å²) in [4.78, 5) is 16.9. The maximum atomic E-state index is 12.8. The zero-order valence-corrected chi connectivity index (χ0v) is 14.1. The molecule has 0 aromatic carbocycles. The number of amides is 1. The summed E-state index contributed by atoms with van der Waals surface area (Å²) < 4.78 is 38.4. The topological polar surface area (TPSA) is 68.0 Å². The number of hydrogen-bond acceptors (Lipinski definition) is 4. The molecule has 3 rings (SSSR count). The number of rotatable bonds is 4. The fourth-order valence-electron chi connectivity index (χ4n) is 2.83. The molecule has 1 saturated carbocycles. The van der Waals surface area contributed by atoms with Gasteiger partial charge in [0.2, 0.25) is 0 Å². The zero-order valence-electron chi connectivity index (χ0n) is 13.3. The molecule has 2 heterocycles. The van der Waals surface area contributed by atoms with E-state index in [4.69, 9.17) is 5.73 Å². The standard InChI is InChI=1S/C16H18F3N3OS/c1-8-10-5-6-11(16(17,18)19)21-14(10)24-12(8)13(23)22-15(2,7-20)9-3-4-9/h5-6,9H,3-4,7,20H2,1-2H3,(H,22,23). The van der Waals surface area contributed by atoms with Crippen molar-refractivity contribution in [3.63, 3.8) is 0 Å². The number of hydrogen-bond donors (Lipinski definition) is 2. The third-order valence-electron chi connectivity index (χ3n) is 4.60. The smallest absolute Gasteiger partial charge is 0.345 e. The van der Waals surface area contributed by atoms with Crippen molar-refractivity contribution in [2.24, 2.45) is 11.7 Å². The van der Waals surface area contributed by atoms with E-state index in [0.717, 1.165) is 30.2 Å². The molecule has 1 aliphatic carbocycles. The average molecular weight is 357 g/mol. The molecule has 0 saturated heterocycles. The van der Waals surface area contributed by atoms with Crippen molar-refractivity contribution in [1.82, 2.24) is 10.3 Å². The summed E-state index contributed by atoms with van der Waals surface area (Å²) in [5.41, 5.74) is 5.02. The Morgan fingerprint density at radius 2 is 2.08 bits per heavy atom. The number of nitrogens with two attached hydrogens (primary N) is 1. The molecule has 1 amide bonds. The maximum absolute atomic E-state index is 12.8. The second kappa shape index (κ2) is 5.70. The lowest BCUT2D eigenvalue weighted by Crippen LogP contribution is -2.53. The second-order valence-corrected chi connectivity index (χ2v) is 7.45. The number of carbonyl (C=O) groups excluding carboxylic acids is 1. The van der Waals surface area contributed by atoms with Crippen LogP contribution in [0.25, 0.3) is 10.2 Å². The van der Waals surface area contributed by atoms with E-state index in [1.54, 1.807) is 6.92 Å². The predicted molar refractivity (Wildman–Crippen MR) is 87.0 cm³/mol. The van der Waals surface area contributed by atoms with Gasteiger partial charge in [0.15, 0.2) is 0 Å². The van der Waals surface area contributed by atoms with Gasteiger partial charge in [-0.1, -0.05) is 0 Å².